The number of Topliss-reactive ketones (excluding diaryl/α,β-unsaturated/α-hetero) is 1. The van der Waals surface area contributed by atoms with Crippen molar-refractivity contribution in [1.29, 1.82) is 0 Å². The summed E-state index contributed by atoms with van der Waals surface area (Å²) in [6.07, 6.45) is -0.155. The van der Waals surface area contributed by atoms with E-state index in [0.717, 1.165) is 12.2 Å². The summed E-state index contributed by atoms with van der Waals surface area (Å²) in [5.74, 6) is -3.70. The number of nitrogens with zero attached hydrogens (tertiary/aromatic N) is 1. The third-order valence-corrected chi connectivity index (χ3v) is 5.45. The van der Waals surface area contributed by atoms with Crippen LogP contribution in [-0.2, 0) is 25.5 Å². The Morgan fingerprint density at radius 1 is 0.889 bits per heavy atom. The highest BCUT2D eigenvalue weighted by atomic mass is 17.2. The van der Waals surface area contributed by atoms with Crippen LogP contribution in [0.25, 0.3) is 0 Å². The maximum Gasteiger partial charge on any atom is 0.421 e. The molecular formula is C26H21N3O7. The van der Waals surface area contributed by atoms with E-state index in [9.17, 15) is 14.4 Å². The van der Waals surface area contributed by atoms with E-state index in [4.69, 9.17) is 19.2 Å². The number of carbonyl (C=O) groups is 3. The Kier molecular flexibility index (Phi) is 6.23. The summed E-state index contributed by atoms with van der Waals surface area (Å²) in [6.45, 7) is 1.48. The van der Waals surface area contributed by atoms with Crippen LogP contribution in [-0.4, -0.2) is 42.6 Å². The first kappa shape index (κ1) is 22.9. The number of cyclic esters (lactones) is 2. The second-order valence-electron chi connectivity index (χ2n) is 8.02. The van der Waals surface area contributed by atoms with Crippen LogP contribution in [0.5, 0.6) is 11.5 Å². The minimum atomic E-state index is -2.11. The summed E-state index contributed by atoms with van der Waals surface area (Å²) >= 11 is 0. The molecule has 0 bridgehead atoms. The van der Waals surface area contributed by atoms with Gasteiger partial charge in [-0.05, 0) is 54.1 Å². The molecule has 2 heterocycles. The number of carbonyl (C=O) groups excluding carboxylic acids is 3. The van der Waals surface area contributed by atoms with Gasteiger partial charge in [0.25, 0.3) is 0 Å². The topological polar surface area (TPSA) is 125 Å². The zero-order chi connectivity index (χ0) is 25.0. The largest absolute Gasteiger partial charge is 0.421 e. The third-order valence-electron chi connectivity index (χ3n) is 5.45. The van der Waals surface area contributed by atoms with E-state index in [-0.39, 0.29) is 12.0 Å². The van der Waals surface area contributed by atoms with Crippen LogP contribution < -0.4 is 20.4 Å². The normalized spacial score (nSPS) is 15.8. The fourth-order valence-electron chi connectivity index (χ4n) is 3.70. The quantitative estimate of drug-likeness (QED) is 0.162. The number of ether oxygens (including phenoxy) is 2. The molecule has 182 valence electrons. The molecule has 3 aromatic rings. The molecule has 2 N–H and O–H groups in total. The van der Waals surface area contributed by atoms with E-state index in [1.54, 1.807) is 48.5 Å². The lowest BCUT2D eigenvalue weighted by atomic mass is 9.96. The SMILES string of the molecule is O=C1OC(Cc2ccc(NC3=NCCN3)cc2)(C(=O)c2ccc(OOc3ccccc3)cc2)OC1=O. The van der Waals surface area contributed by atoms with E-state index < -0.39 is 23.5 Å². The Labute approximate surface area is 205 Å². The average Bonchev–Trinajstić information content (AvgIpc) is 3.52. The zero-order valence-corrected chi connectivity index (χ0v) is 18.9. The van der Waals surface area contributed by atoms with Gasteiger partial charge in [0.1, 0.15) is 0 Å². The van der Waals surface area contributed by atoms with Crippen LogP contribution in [0.4, 0.5) is 5.69 Å². The van der Waals surface area contributed by atoms with Crippen LogP contribution in [0, 0.1) is 0 Å². The van der Waals surface area contributed by atoms with E-state index in [1.807, 2.05) is 6.07 Å². The van der Waals surface area contributed by atoms with E-state index in [2.05, 4.69) is 15.6 Å². The van der Waals surface area contributed by atoms with Crippen molar-refractivity contribution in [2.45, 2.75) is 12.2 Å². The number of guanidine groups is 1. The van der Waals surface area contributed by atoms with Gasteiger partial charge in [-0.1, -0.05) is 30.3 Å². The molecule has 2 aliphatic rings. The molecule has 2 aliphatic heterocycles. The molecule has 3 aromatic carbocycles. The maximum absolute atomic E-state index is 13.4. The number of hydrogen-bond donors (Lipinski definition) is 2. The van der Waals surface area contributed by atoms with Crippen molar-refractivity contribution in [3.05, 3.63) is 90.0 Å². The minimum Gasteiger partial charge on any atom is -0.406 e. The maximum atomic E-state index is 13.4. The molecule has 0 unspecified atom stereocenters. The molecule has 0 atom stereocenters. The van der Waals surface area contributed by atoms with Crippen molar-refractivity contribution in [2.75, 3.05) is 18.4 Å². The number of benzene rings is 3. The van der Waals surface area contributed by atoms with Gasteiger partial charge in [-0.25, -0.2) is 9.59 Å². The third kappa shape index (κ3) is 4.97. The zero-order valence-electron chi connectivity index (χ0n) is 18.9. The van der Waals surface area contributed by atoms with Gasteiger partial charge in [0, 0.05) is 17.8 Å². The highest BCUT2D eigenvalue weighted by Crippen LogP contribution is 2.31. The van der Waals surface area contributed by atoms with Gasteiger partial charge < -0.3 is 20.1 Å². The molecule has 10 nitrogen and oxygen atoms in total. The van der Waals surface area contributed by atoms with Gasteiger partial charge >= 0.3 is 17.7 Å². The van der Waals surface area contributed by atoms with Crippen molar-refractivity contribution in [2.24, 2.45) is 4.99 Å². The van der Waals surface area contributed by atoms with E-state index >= 15 is 0 Å². The predicted molar refractivity (Wildman–Crippen MR) is 127 cm³/mol. The Hall–Kier alpha value is -4.86. The molecule has 10 heteroatoms. The van der Waals surface area contributed by atoms with Crippen molar-refractivity contribution in [1.82, 2.24) is 5.32 Å². The number of aliphatic imine (C=N–C) groups is 1. The Morgan fingerprint density at radius 3 is 2.14 bits per heavy atom. The van der Waals surface area contributed by atoms with E-state index in [1.165, 1.54) is 24.3 Å². The highest BCUT2D eigenvalue weighted by molar-refractivity contribution is 6.32. The van der Waals surface area contributed by atoms with Gasteiger partial charge in [-0.3, -0.25) is 19.6 Å². The number of ketones is 1. The molecule has 0 spiro atoms. The molecule has 1 saturated heterocycles. The lowest BCUT2D eigenvalue weighted by molar-refractivity contribution is -0.159. The van der Waals surface area contributed by atoms with Gasteiger partial charge in [0.2, 0.25) is 5.78 Å². The molecule has 0 radical (unpaired) electrons. The molecule has 0 saturated carbocycles. The smallest absolute Gasteiger partial charge is 0.406 e. The Bertz CT molecular complexity index is 1290. The van der Waals surface area contributed by atoms with Gasteiger partial charge in [0.15, 0.2) is 17.5 Å². The Balaban J connectivity index is 1.30. The van der Waals surface area contributed by atoms with Gasteiger partial charge in [-0.2, -0.15) is 0 Å². The van der Waals surface area contributed by atoms with Crippen molar-refractivity contribution >= 4 is 29.4 Å². The van der Waals surface area contributed by atoms with Gasteiger partial charge in [0.05, 0.1) is 13.0 Å². The van der Waals surface area contributed by atoms with Crippen LogP contribution in [0.3, 0.4) is 0 Å². The van der Waals surface area contributed by atoms with E-state index in [0.29, 0.717) is 29.6 Å². The summed E-state index contributed by atoms with van der Waals surface area (Å²) in [6, 6.07) is 21.9. The molecule has 0 aliphatic carbocycles. The predicted octanol–water partition coefficient (Wildman–Crippen LogP) is 2.65. The first-order valence-electron chi connectivity index (χ1n) is 11.2. The lowest BCUT2D eigenvalue weighted by Gasteiger charge is -2.24. The van der Waals surface area contributed by atoms with Crippen LogP contribution in [0.2, 0.25) is 0 Å². The number of hydrogen-bond acceptors (Lipinski definition) is 10. The number of rotatable bonds is 8. The number of esters is 2. The Morgan fingerprint density at radius 2 is 1.53 bits per heavy atom. The monoisotopic (exact) mass is 487 g/mol. The average molecular weight is 487 g/mol. The summed E-state index contributed by atoms with van der Waals surface area (Å²) in [7, 11) is 0. The standard InChI is InChI=1S/C26H21N3O7/c30-22(18-8-12-21(13-9-18)36-35-20-4-2-1-3-5-20)26(33-23(31)24(32)34-26)16-17-6-10-19(11-7-17)29-25-27-14-15-28-25/h1-13H,14-16H2,(H2,27,28,29). The first-order chi connectivity index (χ1) is 17.5. The second-order valence-corrected chi connectivity index (χ2v) is 8.02. The molecular weight excluding hydrogens is 466 g/mol. The fraction of sp³-hybridized carbons (Fsp3) is 0.154. The molecule has 0 aromatic heterocycles. The van der Waals surface area contributed by atoms with Crippen molar-refractivity contribution < 1.29 is 33.6 Å². The van der Waals surface area contributed by atoms with Crippen LogP contribution in [0.15, 0.2) is 83.9 Å². The first-order valence-corrected chi connectivity index (χ1v) is 11.2. The highest BCUT2D eigenvalue weighted by Gasteiger charge is 2.54. The minimum absolute atomic E-state index is 0.155. The molecule has 36 heavy (non-hydrogen) atoms. The molecule has 1 fully saturated rings. The summed E-state index contributed by atoms with van der Waals surface area (Å²) in [5, 5.41) is 6.25. The lowest BCUT2D eigenvalue weighted by Crippen LogP contribution is -2.42. The van der Waals surface area contributed by atoms with Gasteiger partial charge in [-0.15, -0.1) is 0 Å². The molecule has 5 rings (SSSR count). The van der Waals surface area contributed by atoms with Crippen molar-refractivity contribution in [3.63, 3.8) is 0 Å². The number of para-hydroxylation sites is 1. The van der Waals surface area contributed by atoms with Crippen LogP contribution in [0.1, 0.15) is 15.9 Å². The number of nitrogens with one attached hydrogen (secondary N) is 2. The number of anilines is 1. The summed E-state index contributed by atoms with van der Waals surface area (Å²) in [5.41, 5.74) is 1.56. The van der Waals surface area contributed by atoms with Crippen molar-refractivity contribution in [3.8, 4) is 11.5 Å². The fourth-order valence-corrected chi connectivity index (χ4v) is 3.70. The molecule has 0 amide bonds. The summed E-state index contributed by atoms with van der Waals surface area (Å²) in [4.78, 5) is 52.0. The van der Waals surface area contributed by atoms with Crippen LogP contribution >= 0.6 is 0 Å². The summed E-state index contributed by atoms with van der Waals surface area (Å²) < 4.78 is 10.4. The second kappa shape index (κ2) is 9.79.